The van der Waals surface area contributed by atoms with E-state index in [9.17, 15) is 0 Å². The lowest BCUT2D eigenvalue weighted by Gasteiger charge is -2.26. The molecule has 2 nitrogen and oxygen atoms in total. The predicted molar refractivity (Wildman–Crippen MR) is 63.3 cm³/mol. The molecule has 14 heavy (non-hydrogen) atoms. The van der Waals surface area contributed by atoms with Crippen LogP contribution in [-0.4, -0.2) is 18.3 Å². The van der Waals surface area contributed by atoms with E-state index in [1.807, 2.05) is 23.9 Å². The van der Waals surface area contributed by atoms with Crippen LogP contribution in [-0.2, 0) is 0 Å². The molecule has 1 heterocycles. The molecule has 0 bridgehead atoms. The molecule has 0 fully saturated rings. The lowest BCUT2D eigenvalue weighted by molar-refractivity contribution is 0.718. The van der Waals surface area contributed by atoms with Crippen molar-refractivity contribution in [2.24, 2.45) is 5.73 Å². The van der Waals surface area contributed by atoms with E-state index in [0.717, 1.165) is 29.4 Å². The zero-order valence-electron chi connectivity index (χ0n) is 7.79. The Morgan fingerprint density at radius 3 is 3.21 bits per heavy atom. The molecule has 0 aliphatic carbocycles. The quantitative estimate of drug-likeness (QED) is 0.817. The molecule has 0 radical (unpaired) electrons. The predicted octanol–water partition coefficient (Wildman–Crippen LogP) is 2.58. The molecule has 0 saturated heterocycles. The highest BCUT2D eigenvalue weighted by Crippen LogP contribution is 2.38. The molecule has 1 aromatic carbocycles. The number of hydrogen-bond donors (Lipinski definition) is 2. The van der Waals surface area contributed by atoms with Crippen LogP contribution in [0, 0.1) is 0 Å². The van der Waals surface area contributed by atoms with Gasteiger partial charge in [0.2, 0.25) is 0 Å². The van der Waals surface area contributed by atoms with Crippen molar-refractivity contribution < 1.29 is 0 Å². The molecule has 1 aliphatic rings. The Bertz CT molecular complexity index is 330. The van der Waals surface area contributed by atoms with Gasteiger partial charge in [-0.25, -0.2) is 0 Å². The van der Waals surface area contributed by atoms with Crippen molar-refractivity contribution >= 4 is 29.1 Å². The molecule has 1 aromatic rings. The fraction of sp³-hybridized carbons (Fsp3) is 0.400. The van der Waals surface area contributed by atoms with Gasteiger partial charge < -0.3 is 11.1 Å². The second-order valence-electron chi connectivity index (χ2n) is 3.34. The van der Waals surface area contributed by atoms with Gasteiger partial charge in [0.1, 0.15) is 0 Å². The van der Waals surface area contributed by atoms with Gasteiger partial charge in [-0.3, -0.25) is 0 Å². The molecule has 4 heteroatoms. The average Bonchev–Trinajstić information content (AvgIpc) is 2.20. The molecule has 3 N–H and O–H groups in total. The Kier molecular flexibility index (Phi) is 3.21. The second kappa shape index (κ2) is 4.43. The molecule has 0 saturated carbocycles. The smallest absolute Gasteiger partial charge is 0.0670 e. The maximum atomic E-state index is 6.10. The largest absolute Gasteiger partial charge is 0.379 e. The van der Waals surface area contributed by atoms with Gasteiger partial charge in [0, 0.05) is 16.7 Å². The number of nitrogens with one attached hydrogen (secondary N) is 1. The van der Waals surface area contributed by atoms with Crippen LogP contribution >= 0.6 is 23.4 Å². The maximum Gasteiger partial charge on any atom is 0.0670 e. The van der Waals surface area contributed by atoms with E-state index in [4.69, 9.17) is 17.3 Å². The molecule has 76 valence electrons. The highest BCUT2D eigenvalue weighted by Gasteiger charge is 2.18. The lowest BCUT2D eigenvalue weighted by atomic mass is 10.2. The van der Waals surface area contributed by atoms with E-state index in [1.54, 1.807) is 0 Å². The highest BCUT2D eigenvalue weighted by atomic mass is 35.5. The Morgan fingerprint density at radius 2 is 2.43 bits per heavy atom. The summed E-state index contributed by atoms with van der Waals surface area (Å²) in [6.45, 7) is 0.720. The number of nitrogens with two attached hydrogens (primary N) is 1. The van der Waals surface area contributed by atoms with E-state index in [-0.39, 0.29) is 0 Å². The van der Waals surface area contributed by atoms with Gasteiger partial charge in [0.15, 0.2) is 0 Å². The number of fused-ring (bicyclic) bond motifs is 1. The monoisotopic (exact) mass is 228 g/mol. The number of thioether (sulfide) groups is 1. The van der Waals surface area contributed by atoms with Crippen LogP contribution in [0.5, 0.6) is 0 Å². The summed E-state index contributed by atoms with van der Waals surface area (Å²) in [4.78, 5) is 1.24. The third-order valence-corrected chi connectivity index (χ3v) is 3.81. The molecule has 2 rings (SSSR count). The van der Waals surface area contributed by atoms with E-state index in [1.165, 1.54) is 4.90 Å². The van der Waals surface area contributed by atoms with Gasteiger partial charge in [-0.15, -0.1) is 11.8 Å². The fourth-order valence-corrected chi connectivity index (χ4v) is 2.96. The van der Waals surface area contributed by atoms with Crippen LogP contribution in [0.15, 0.2) is 23.1 Å². The summed E-state index contributed by atoms with van der Waals surface area (Å²) < 4.78 is 0. The van der Waals surface area contributed by atoms with Gasteiger partial charge >= 0.3 is 0 Å². The van der Waals surface area contributed by atoms with Crippen molar-refractivity contribution in [3.05, 3.63) is 23.2 Å². The van der Waals surface area contributed by atoms with Crippen molar-refractivity contribution in [2.45, 2.75) is 17.4 Å². The number of rotatable bonds is 2. The SMILES string of the molecule is NCCC1CSc2cccc(Cl)c2N1. The minimum Gasteiger partial charge on any atom is -0.379 e. The lowest BCUT2D eigenvalue weighted by Crippen LogP contribution is -2.28. The van der Waals surface area contributed by atoms with E-state index >= 15 is 0 Å². The molecule has 1 unspecified atom stereocenters. The van der Waals surface area contributed by atoms with E-state index in [0.29, 0.717) is 6.04 Å². The van der Waals surface area contributed by atoms with Gasteiger partial charge in [0.25, 0.3) is 0 Å². The Balaban J connectivity index is 2.20. The van der Waals surface area contributed by atoms with Gasteiger partial charge in [-0.1, -0.05) is 17.7 Å². The van der Waals surface area contributed by atoms with Crippen molar-refractivity contribution in [2.75, 3.05) is 17.6 Å². The summed E-state index contributed by atoms with van der Waals surface area (Å²) in [6.07, 6.45) is 0.998. The average molecular weight is 229 g/mol. The normalized spacial score (nSPS) is 20.0. The van der Waals surface area contributed by atoms with Crippen LogP contribution in [0.3, 0.4) is 0 Å². The first-order chi connectivity index (χ1) is 6.81. The Hall–Kier alpha value is -0.380. The fourth-order valence-electron chi connectivity index (χ4n) is 1.56. The summed E-state index contributed by atoms with van der Waals surface area (Å²) >= 11 is 7.95. The Morgan fingerprint density at radius 1 is 1.57 bits per heavy atom. The van der Waals surface area contributed by atoms with Crippen molar-refractivity contribution in [3.8, 4) is 0 Å². The molecule has 0 spiro atoms. The molecular weight excluding hydrogens is 216 g/mol. The number of halogens is 1. The molecule has 1 aliphatic heterocycles. The molecule has 0 aromatic heterocycles. The molecule has 1 atom stereocenters. The van der Waals surface area contributed by atoms with Crippen LogP contribution in [0.4, 0.5) is 5.69 Å². The first-order valence-electron chi connectivity index (χ1n) is 4.69. The van der Waals surface area contributed by atoms with Crippen molar-refractivity contribution in [1.29, 1.82) is 0 Å². The minimum atomic E-state index is 0.456. The summed E-state index contributed by atoms with van der Waals surface area (Å²) in [7, 11) is 0. The maximum absolute atomic E-state index is 6.10. The zero-order valence-corrected chi connectivity index (χ0v) is 9.37. The standard InChI is InChI=1S/C10H13ClN2S/c11-8-2-1-3-9-10(8)13-7(4-5-12)6-14-9/h1-3,7,13H,4-6,12H2. The van der Waals surface area contributed by atoms with Crippen LogP contribution < -0.4 is 11.1 Å². The number of benzene rings is 1. The summed E-state index contributed by atoms with van der Waals surface area (Å²) in [5.74, 6) is 1.07. The summed E-state index contributed by atoms with van der Waals surface area (Å²) in [6, 6.07) is 6.45. The van der Waals surface area contributed by atoms with Gasteiger partial charge in [-0.2, -0.15) is 0 Å². The van der Waals surface area contributed by atoms with Crippen LogP contribution in [0.2, 0.25) is 5.02 Å². The topological polar surface area (TPSA) is 38.0 Å². The van der Waals surface area contributed by atoms with Crippen LogP contribution in [0.1, 0.15) is 6.42 Å². The van der Waals surface area contributed by atoms with Crippen molar-refractivity contribution in [3.63, 3.8) is 0 Å². The number of para-hydroxylation sites is 1. The number of hydrogen-bond acceptors (Lipinski definition) is 3. The second-order valence-corrected chi connectivity index (χ2v) is 4.81. The first-order valence-corrected chi connectivity index (χ1v) is 6.05. The molecule has 0 amide bonds. The number of anilines is 1. The minimum absolute atomic E-state index is 0.456. The Labute approximate surface area is 93.2 Å². The first kappa shape index (κ1) is 10.1. The zero-order chi connectivity index (χ0) is 9.97. The van der Waals surface area contributed by atoms with Gasteiger partial charge in [-0.05, 0) is 25.1 Å². The van der Waals surface area contributed by atoms with Crippen LogP contribution in [0.25, 0.3) is 0 Å². The third kappa shape index (κ3) is 2.00. The summed E-state index contributed by atoms with van der Waals surface area (Å²) in [5.41, 5.74) is 6.61. The van der Waals surface area contributed by atoms with E-state index in [2.05, 4.69) is 11.4 Å². The van der Waals surface area contributed by atoms with E-state index < -0.39 is 0 Å². The molecular formula is C10H13ClN2S. The summed E-state index contributed by atoms with van der Waals surface area (Å²) in [5, 5.41) is 4.24. The highest BCUT2D eigenvalue weighted by molar-refractivity contribution is 7.99. The van der Waals surface area contributed by atoms with Gasteiger partial charge in [0.05, 0.1) is 10.7 Å². The van der Waals surface area contributed by atoms with Crippen molar-refractivity contribution in [1.82, 2.24) is 0 Å². The third-order valence-electron chi connectivity index (χ3n) is 2.28.